The number of rotatable bonds is 8. The van der Waals surface area contributed by atoms with Gasteiger partial charge in [-0.05, 0) is 25.2 Å². The maximum atomic E-state index is 12.5. The molecule has 0 saturated heterocycles. The molecule has 0 N–H and O–H groups in total. The van der Waals surface area contributed by atoms with Gasteiger partial charge in [-0.1, -0.05) is 77.0 Å². The zero-order valence-electron chi connectivity index (χ0n) is 14.2. The molecule has 0 aromatic heterocycles. The first-order valence-corrected chi connectivity index (χ1v) is 9.96. The summed E-state index contributed by atoms with van der Waals surface area (Å²) in [5.41, 5.74) is 0. The quantitative estimate of drug-likeness (QED) is 0.447. The van der Waals surface area contributed by atoms with Crippen LogP contribution in [0.5, 0.6) is 0 Å². The number of ether oxygens (including phenoxy) is 1. The SMILES string of the molecule is CCCCOC1(CCC)SC(CC2CCCCCC2)=NC1=O. The molecule has 22 heavy (non-hydrogen) atoms. The van der Waals surface area contributed by atoms with E-state index >= 15 is 0 Å². The molecular formula is C18H31NO2S. The van der Waals surface area contributed by atoms with Crippen LogP contribution >= 0.6 is 11.8 Å². The normalized spacial score (nSPS) is 27.0. The fraction of sp³-hybridized carbons (Fsp3) is 0.889. The minimum Gasteiger partial charge on any atom is -0.354 e. The minimum atomic E-state index is -0.704. The molecule has 0 spiro atoms. The van der Waals surface area contributed by atoms with Gasteiger partial charge in [-0.3, -0.25) is 4.79 Å². The smallest absolute Gasteiger partial charge is 0.289 e. The molecule has 3 nitrogen and oxygen atoms in total. The molecule has 126 valence electrons. The van der Waals surface area contributed by atoms with Gasteiger partial charge in [-0.2, -0.15) is 0 Å². The van der Waals surface area contributed by atoms with Gasteiger partial charge in [0.15, 0.2) is 4.93 Å². The predicted molar refractivity (Wildman–Crippen MR) is 94.3 cm³/mol. The molecule has 0 aromatic rings. The Bertz CT molecular complexity index is 389. The van der Waals surface area contributed by atoms with E-state index in [2.05, 4.69) is 18.8 Å². The molecule has 0 radical (unpaired) electrons. The van der Waals surface area contributed by atoms with Crippen LogP contribution in [0.2, 0.25) is 0 Å². The molecule has 1 heterocycles. The van der Waals surface area contributed by atoms with Gasteiger partial charge in [0.2, 0.25) is 0 Å². The Morgan fingerprint density at radius 2 is 1.91 bits per heavy atom. The van der Waals surface area contributed by atoms with E-state index < -0.39 is 4.93 Å². The third-order valence-electron chi connectivity index (χ3n) is 4.69. The topological polar surface area (TPSA) is 38.7 Å². The van der Waals surface area contributed by atoms with Gasteiger partial charge in [0.1, 0.15) is 0 Å². The first-order chi connectivity index (χ1) is 10.7. The number of nitrogens with zero attached hydrogens (tertiary/aromatic N) is 1. The Morgan fingerprint density at radius 1 is 1.18 bits per heavy atom. The van der Waals surface area contributed by atoms with Crippen LogP contribution in [-0.4, -0.2) is 22.5 Å². The average Bonchev–Trinajstić information content (AvgIpc) is 2.68. The Balaban J connectivity index is 1.94. The van der Waals surface area contributed by atoms with Crippen molar-refractivity contribution in [3.63, 3.8) is 0 Å². The molecule has 1 atom stereocenters. The Kier molecular flexibility index (Phi) is 7.42. The standard InChI is InChI=1S/C18H31NO2S/c1-3-5-13-21-18(12-4-2)17(20)19-16(22-18)14-15-10-8-6-7-9-11-15/h15H,3-14H2,1-2H3. The van der Waals surface area contributed by atoms with Crippen molar-refractivity contribution in [2.24, 2.45) is 10.9 Å². The third-order valence-corrected chi connectivity index (χ3v) is 6.00. The molecule has 1 aliphatic heterocycles. The first kappa shape index (κ1) is 18.0. The third kappa shape index (κ3) is 4.82. The van der Waals surface area contributed by atoms with E-state index in [9.17, 15) is 4.79 Å². The van der Waals surface area contributed by atoms with Crippen LogP contribution in [0.25, 0.3) is 0 Å². The lowest BCUT2D eigenvalue weighted by molar-refractivity contribution is -0.132. The molecule has 1 fully saturated rings. The summed E-state index contributed by atoms with van der Waals surface area (Å²) in [5.74, 6) is 0.675. The highest BCUT2D eigenvalue weighted by Crippen LogP contribution is 2.42. The van der Waals surface area contributed by atoms with Gasteiger partial charge in [-0.25, -0.2) is 4.99 Å². The van der Waals surface area contributed by atoms with E-state index in [0.717, 1.165) is 43.1 Å². The number of aliphatic imine (C=N–C) groups is 1. The van der Waals surface area contributed by atoms with E-state index in [0.29, 0.717) is 6.61 Å². The van der Waals surface area contributed by atoms with Crippen molar-refractivity contribution in [3.8, 4) is 0 Å². The number of thioether (sulfide) groups is 1. The molecule has 0 aromatic carbocycles. The maximum Gasteiger partial charge on any atom is 0.289 e. The zero-order chi connectivity index (χ0) is 15.8. The van der Waals surface area contributed by atoms with Gasteiger partial charge in [-0.15, -0.1) is 0 Å². The summed E-state index contributed by atoms with van der Waals surface area (Å²) < 4.78 is 6.03. The minimum absolute atomic E-state index is 0.0425. The fourth-order valence-corrected chi connectivity index (χ4v) is 4.80. The van der Waals surface area contributed by atoms with E-state index in [1.54, 1.807) is 11.8 Å². The summed E-state index contributed by atoms with van der Waals surface area (Å²) in [4.78, 5) is 16.1. The second-order valence-corrected chi connectivity index (χ2v) is 8.01. The molecule has 1 saturated carbocycles. The summed E-state index contributed by atoms with van der Waals surface area (Å²) in [7, 11) is 0. The summed E-state index contributed by atoms with van der Waals surface area (Å²) in [5, 5.41) is 1.03. The van der Waals surface area contributed by atoms with Gasteiger partial charge in [0, 0.05) is 6.61 Å². The van der Waals surface area contributed by atoms with Crippen LogP contribution in [0, 0.1) is 5.92 Å². The number of carbonyl (C=O) groups excluding carboxylic acids is 1. The molecule has 4 heteroatoms. The highest BCUT2D eigenvalue weighted by Gasteiger charge is 2.45. The highest BCUT2D eigenvalue weighted by molar-refractivity contribution is 8.16. The van der Waals surface area contributed by atoms with Crippen LogP contribution < -0.4 is 0 Å². The van der Waals surface area contributed by atoms with Crippen LogP contribution in [0.15, 0.2) is 4.99 Å². The van der Waals surface area contributed by atoms with Gasteiger partial charge in [0.25, 0.3) is 5.91 Å². The lowest BCUT2D eigenvalue weighted by Crippen LogP contribution is -2.35. The van der Waals surface area contributed by atoms with Gasteiger partial charge < -0.3 is 4.74 Å². The van der Waals surface area contributed by atoms with Crippen LogP contribution in [0.3, 0.4) is 0 Å². The predicted octanol–water partition coefficient (Wildman–Crippen LogP) is 5.33. The van der Waals surface area contributed by atoms with E-state index in [1.807, 2.05) is 0 Å². The van der Waals surface area contributed by atoms with Crippen molar-refractivity contribution in [1.82, 2.24) is 0 Å². The molecule has 0 bridgehead atoms. The fourth-order valence-electron chi connectivity index (χ4n) is 3.39. The largest absolute Gasteiger partial charge is 0.354 e. The van der Waals surface area contributed by atoms with Crippen LogP contribution in [0.1, 0.15) is 84.5 Å². The summed E-state index contributed by atoms with van der Waals surface area (Å²) in [6, 6.07) is 0. The number of hydrogen-bond donors (Lipinski definition) is 0. The second kappa shape index (κ2) is 9.07. The molecular weight excluding hydrogens is 294 g/mol. The average molecular weight is 326 g/mol. The molecule has 2 aliphatic rings. The van der Waals surface area contributed by atoms with Crippen LogP contribution in [0.4, 0.5) is 0 Å². The summed E-state index contributed by atoms with van der Waals surface area (Å²) in [6.07, 6.45) is 12.8. The lowest BCUT2D eigenvalue weighted by Gasteiger charge is -2.25. The first-order valence-electron chi connectivity index (χ1n) is 9.15. The molecule has 1 amide bonds. The summed E-state index contributed by atoms with van der Waals surface area (Å²) in [6.45, 7) is 4.93. The number of unbranched alkanes of at least 4 members (excludes halogenated alkanes) is 1. The van der Waals surface area contributed by atoms with Crippen molar-refractivity contribution in [2.75, 3.05) is 6.61 Å². The van der Waals surface area contributed by atoms with E-state index in [-0.39, 0.29) is 5.91 Å². The number of carbonyl (C=O) groups is 1. The van der Waals surface area contributed by atoms with E-state index in [1.165, 1.54) is 38.5 Å². The maximum absolute atomic E-state index is 12.5. The summed E-state index contributed by atoms with van der Waals surface area (Å²) >= 11 is 1.62. The Morgan fingerprint density at radius 3 is 2.55 bits per heavy atom. The van der Waals surface area contributed by atoms with Crippen molar-refractivity contribution in [2.45, 2.75) is 89.4 Å². The number of hydrogen-bond acceptors (Lipinski definition) is 3. The monoisotopic (exact) mass is 325 g/mol. The van der Waals surface area contributed by atoms with Crippen molar-refractivity contribution >= 4 is 22.7 Å². The van der Waals surface area contributed by atoms with E-state index in [4.69, 9.17) is 4.74 Å². The van der Waals surface area contributed by atoms with Crippen molar-refractivity contribution < 1.29 is 9.53 Å². The molecule has 2 rings (SSSR count). The Hall–Kier alpha value is -0.350. The highest BCUT2D eigenvalue weighted by atomic mass is 32.2. The number of amides is 1. The zero-order valence-corrected chi connectivity index (χ0v) is 15.1. The van der Waals surface area contributed by atoms with Crippen LogP contribution in [-0.2, 0) is 9.53 Å². The molecule has 1 aliphatic carbocycles. The van der Waals surface area contributed by atoms with Crippen molar-refractivity contribution in [1.29, 1.82) is 0 Å². The second-order valence-electron chi connectivity index (χ2n) is 6.68. The Labute approximate surface area is 139 Å². The van der Waals surface area contributed by atoms with Gasteiger partial charge >= 0.3 is 0 Å². The van der Waals surface area contributed by atoms with Crippen molar-refractivity contribution in [3.05, 3.63) is 0 Å². The molecule has 1 unspecified atom stereocenters. The lowest BCUT2D eigenvalue weighted by atomic mass is 9.97. The van der Waals surface area contributed by atoms with Gasteiger partial charge in [0.05, 0.1) is 5.04 Å².